The van der Waals surface area contributed by atoms with Crippen LogP contribution in [0.5, 0.6) is 5.75 Å². The highest BCUT2D eigenvalue weighted by molar-refractivity contribution is 5.27. The van der Waals surface area contributed by atoms with Crippen molar-refractivity contribution in [2.75, 3.05) is 20.1 Å². The number of nitrogens with zero attached hydrogens (tertiary/aromatic N) is 1. The first-order valence-corrected chi connectivity index (χ1v) is 5.76. The van der Waals surface area contributed by atoms with E-state index in [1.165, 1.54) is 0 Å². The van der Waals surface area contributed by atoms with Gasteiger partial charge in [-0.1, -0.05) is 12.1 Å². The molecule has 3 nitrogen and oxygen atoms in total. The lowest BCUT2D eigenvalue weighted by molar-refractivity contribution is -0.0223. The Morgan fingerprint density at radius 2 is 2.00 bits per heavy atom. The van der Waals surface area contributed by atoms with E-state index in [9.17, 15) is 10.2 Å². The average molecular weight is 221 g/mol. The van der Waals surface area contributed by atoms with Gasteiger partial charge in [-0.05, 0) is 44.1 Å². The van der Waals surface area contributed by atoms with Crippen LogP contribution in [0.3, 0.4) is 0 Å². The molecule has 2 rings (SSSR count). The van der Waals surface area contributed by atoms with E-state index in [1.807, 2.05) is 19.2 Å². The normalized spacial score (nSPS) is 26.9. The number of likely N-dealkylation sites (tertiary alicyclic amines) is 1. The Labute approximate surface area is 96.3 Å². The van der Waals surface area contributed by atoms with E-state index in [1.54, 1.807) is 12.1 Å². The highest BCUT2D eigenvalue weighted by Crippen LogP contribution is 2.25. The minimum atomic E-state index is -0.607. The number of piperidine rings is 1. The molecule has 1 heterocycles. The summed E-state index contributed by atoms with van der Waals surface area (Å²) in [4.78, 5) is 2.17. The van der Waals surface area contributed by atoms with E-state index >= 15 is 0 Å². The highest BCUT2D eigenvalue weighted by Gasteiger charge is 2.31. The molecule has 0 aromatic heterocycles. The fourth-order valence-corrected chi connectivity index (χ4v) is 2.48. The lowest BCUT2D eigenvalue weighted by Crippen LogP contribution is -2.47. The molecule has 0 amide bonds. The molecule has 1 unspecified atom stereocenters. The standard InChI is InChI=1S/C13H19NO2/c1-14-8-2-7-13(16,10-14)9-11-3-5-12(15)6-4-11/h3-6,15-16H,2,7-10H2,1H3. The molecule has 1 aromatic rings. The summed E-state index contributed by atoms with van der Waals surface area (Å²) in [6.07, 6.45) is 2.57. The van der Waals surface area contributed by atoms with E-state index in [-0.39, 0.29) is 5.75 Å². The maximum Gasteiger partial charge on any atom is 0.115 e. The van der Waals surface area contributed by atoms with Gasteiger partial charge in [0.15, 0.2) is 0 Å². The molecular formula is C13H19NO2. The predicted molar refractivity (Wildman–Crippen MR) is 63.5 cm³/mol. The van der Waals surface area contributed by atoms with Crippen LogP contribution >= 0.6 is 0 Å². The van der Waals surface area contributed by atoms with Crippen LogP contribution in [-0.4, -0.2) is 40.9 Å². The first kappa shape index (κ1) is 11.4. The van der Waals surface area contributed by atoms with Gasteiger partial charge in [-0.15, -0.1) is 0 Å². The summed E-state index contributed by atoms with van der Waals surface area (Å²) in [5.74, 6) is 0.275. The maximum atomic E-state index is 10.5. The second-order valence-corrected chi connectivity index (χ2v) is 4.91. The number of aromatic hydroxyl groups is 1. The fraction of sp³-hybridized carbons (Fsp3) is 0.538. The number of likely N-dealkylation sites (N-methyl/N-ethyl adjacent to an activating group) is 1. The first-order valence-electron chi connectivity index (χ1n) is 5.76. The topological polar surface area (TPSA) is 43.7 Å². The summed E-state index contributed by atoms with van der Waals surface area (Å²) in [7, 11) is 2.04. The number of phenols is 1. The lowest BCUT2D eigenvalue weighted by Gasteiger charge is -2.37. The second-order valence-electron chi connectivity index (χ2n) is 4.91. The Morgan fingerprint density at radius 3 is 2.62 bits per heavy atom. The van der Waals surface area contributed by atoms with Crippen LogP contribution in [0.2, 0.25) is 0 Å². The molecule has 0 aliphatic carbocycles. The zero-order chi connectivity index (χ0) is 11.6. The number of benzene rings is 1. The van der Waals surface area contributed by atoms with Crippen LogP contribution in [0, 0.1) is 0 Å². The number of hydrogen-bond donors (Lipinski definition) is 2. The van der Waals surface area contributed by atoms with Crippen molar-refractivity contribution in [2.45, 2.75) is 24.9 Å². The molecule has 16 heavy (non-hydrogen) atoms. The predicted octanol–water partition coefficient (Wildman–Crippen LogP) is 1.39. The summed E-state index contributed by atoms with van der Waals surface area (Å²) in [6, 6.07) is 7.10. The molecular weight excluding hydrogens is 202 g/mol. The molecule has 3 heteroatoms. The zero-order valence-corrected chi connectivity index (χ0v) is 9.69. The number of β-amino-alcohol motifs (C(OH)–C–C–N with tert-alkyl or cyclic N) is 1. The van der Waals surface area contributed by atoms with Crippen LogP contribution in [0.15, 0.2) is 24.3 Å². The number of hydrogen-bond acceptors (Lipinski definition) is 3. The lowest BCUT2D eigenvalue weighted by atomic mass is 9.87. The summed E-state index contributed by atoms with van der Waals surface area (Å²) >= 11 is 0. The van der Waals surface area contributed by atoms with Gasteiger partial charge < -0.3 is 15.1 Å². The van der Waals surface area contributed by atoms with Gasteiger partial charge in [-0.3, -0.25) is 0 Å². The van der Waals surface area contributed by atoms with Crippen LogP contribution in [0.1, 0.15) is 18.4 Å². The molecule has 1 atom stereocenters. The fourth-order valence-electron chi connectivity index (χ4n) is 2.48. The van der Waals surface area contributed by atoms with Crippen molar-refractivity contribution in [2.24, 2.45) is 0 Å². The van der Waals surface area contributed by atoms with Gasteiger partial charge in [0.2, 0.25) is 0 Å². The molecule has 1 aliphatic rings. The minimum absolute atomic E-state index is 0.275. The van der Waals surface area contributed by atoms with E-state index in [2.05, 4.69) is 4.90 Å². The Hall–Kier alpha value is -1.06. The highest BCUT2D eigenvalue weighted by atomic mass is 16.3. The Bertz CT molecular complexity index is 349. The molecule has 88 valence electrons. The summed E-state index contributed by atoms with van der Waals surface area (Å²) in [5.41, 5.74) is 0.472. The molecule has 0 saturated carbocycles. The zero-order valence-electron chi connectivity index (χ0n) is 9.69. The quantitative estimate of drug-likeness (QED) is 0.793. The Kier molecular flexibility index (Phi) is 3.17. The second kappa shape index (κ2) is 4.44. The first-order chi connectivity index (χ1) is 7.57. The van der Waals surface area contributed by atoms with Gasteiger partial charge in [0.1, 0.15) is 5.75 Å². The minimum Gasteiger partial charge on any atom is -0.508 e. The van der Waals surface area contributed by atoms with Crippen molar-refractivity contribution < 1.29 is 10.2 Å². The molecule has 0 bridgehead atoms. The summed E-state index contributed by atoms with van der Waals surface area (Å²) in [6.45, 7) is 1.80. The monoisotopic (exact) mass is 221 g/mol. The molecule has 0 radical (unpaired) electrons. The van der Waals surface area contributed by atoms with Crippen molar-refractivity contribution in [1.82, 2.24) is 4.90 Å². The molecule has 1 fully saturated rings. The molecule has 0 spiro atoms. The van der Waals surface area contributed by atoms with E-state index in [0.29, 0.717) is 6.42 Å². The summed E-state index contributed by atoms with van der Waals surface area (Å²) in [5, 5.41) is 19.7. The van der Waals surface area contributed by atoms with Crippen molar-refractivity contribution >= 4 is 0 Å². The van der Waals surface area contributed by atoms with Crippen molar-refractivity contribution in [3.8, 4) is 5.75 Å². The van der Waals surface area contributed by atoms with Crippen LogP contribution < -0.4 is 0 Å². The van der Waals surface area contributed by atoms with E-state index < -0.39 is 5.60 Å². The largest absolute Gasteiger partial charge is 0.508 e. The Balaban J connectivity index is 2.05. The molecule has 1 saturated heterocycles. The summed E-state index contributed by atoms with van der Waals surface area (Å²) < 4.78 is 0. The smallest absolute Gasteiger partial charge is 0.115 e. The number of phenolic OH excluding ortho intramolecular Hbond substituents is 1. The Morgan fingerprint density at radius 1 is 1.31 bits per heavy atom. The van der Waals surface area contributed by atoms with Gasteiger partial charge in [0.05, 0.1) is 5.60 Å². The van der Waals surface area contributed by atoms with Crippen molar-refractivity contribution in [3.63, 3.8) is 0 Å². The molecule has 1 aromatic carbocycles. The SMILES string of the molecule is CN1CCCC(O)(Cc2ccc(O)cc2)C1. The van der Waals surface area contributed by atoms with Crippen molar-refractivity contribution in [1.29, 1.82) is 0 Å². The van der Waals surface area contributed by atoms with Crippen LogP contribution in [0.25, 0.3) is 0 Å². The van der Waals surface area contributed by atoms with Gasteiger partial charge in [-0.25, -0.2) is 0 Å². The van der Waals surface area contributed by atoms with Crippen LogP contribution in [-0.2, 0) is 6.42 Å². The van der Waals surface area contributed by atoms with Crippen LogP contribution in [0.4, 0.5) is 0 Å². The maximum absolute atomic E-state index is 10.5. The average Bonchev–Trinajstić information content (AvgIpc) is 2.21. The third-order valence-corrected chi connectivity index (χ3v) is 3.22. The number of aliphatic hydroxyl groups is 1. The van der Waals surface area contributed by atoms with Gasteiger partial charge >= 0.3 is 0 Å². The van der Waals surface area contributed by atoms with Gasteiger partial charge in [-0.2, -0.15) is 0 Å². The third-order valence-electron chi connectivity index (χ3n) is 3.22. The van der Waals surface area contributed by atoms with Gasteiger partial charge in [0.25, 0.3) is 0 Å². The molecule has 2 N–H and O–H groups in total. The van der Waals surface area contributed by atoms with Gasteiger partial charge in [0, 0.05) is 13.0 Å². The van der Waals surface area contributed by atoms with E-state index in [0.717, 1.165) is 31.5 Å². The van der Waals surface area contributed by atoms with Crippen molar-refractivity contribution in [3.05, 3.63) is 29.8 Å². The van der Waals surface area contributed by atoms with E-state index in [4.69, 9.17) is 0 Å². The number of rotatable bonds is 2. The molecule has 1 aliphatic heterocycles. The third kappa shape index (κ3) is 2.74.